The van der Waals surface area contributed by atoms with Gasteiger partial charge in [-0.2, -0.15) is 5.10 Å². The van der Waals surface area contributed by atoms with Crippen molar-refractivity contribution in [1.82, 2.24) is 9.78 Å². The summed E-state index contributed by atoms with van der Waals surface area (Å²) < 4.78 is 21.4. The first-order valence-corrected chi connectivity index (χ1v) is 10.5. The van der Waals surface area contributed by atoms with E-state index in [-0.39, 0.29) is 5.82 Å². The van der Waals surface area contributed by atoms with E-state index in [0.717, 1.165) is 15.4 Å². The van der Waals surface area contributed by atoms with Crippen molar-refractivity contribution in [2.45, 2.75) is 19.4 Å². The molecule has 0 atom stereocenters. The van der Waals surface area contributed by atoms with Gasteiger partial charge in [0, 0.05) is 10.4 Å². The lowest BCUT2D eigenvalue weighted by atomic mass is 10.1. The first kappa shape index (κ1) is 20.6. The lowest BCUT2D eigenvalue weighted by Gasteiger charge is -2.13. The highest BCUT2D eigenvalue weighted by Gasteiger charge is 2.24. The molecular formula is C23H20ClFN2O2S. The van der Waals surface area contributed by atoms with Crippen molar-refractivity contribution < 1.29 is 14.2 Å². The Kier molecular flexibility index (Phi) is 5.40. The zero-order valence-corrected chi connectivity index (χ0v) is 18.3. The molecule has 2 heterocycles. The first-order valence-electron chi connectivity index (χ1n) is 9.30. The Bertz CT molecular complexity index is 1210. The van der Waals surface area contributed by atoms with Crippen LogP contribution in [0.4, 0.5) is 4.39 Å². The van der Waals surface area contributed by atoms with Gasteiger partial charge in [-0.05, 0) is 62.4 Å². The molecule has 154 valence electrons. The number of hydrogen-bond acceptors (Lipinski definition) is 4. The van der Waals surface area contributed by atoms with Crippen LogP contribution in [0.5, 0.6) is 5.75 Å². The third-order valence-electron chi connectivity index (χ3n) is 4.71. The standard InChI is InChI=1S/C23H20ClFN2O2S/c1-23(2,28)22-13-19(27(26-22)18-7-5-4-6-16(18)24)21-11-10-20(30-21)15-12-14(29-3)8-9-17(15)25/h4-13,28H,1-3H3. The van der Waals surface area contributed by atoms with E-state index < -0.39 is 5.60 Å². The van der Waals surface area contributed by atoms with Gasteiger partial charge in [-0.1, -0.05) is 23.7 Å². The fourth-order valence-electron chi connectivity index (χ4n) is 3.10. The van der Waals surface area contributed by atoms with Gasteiger partial charge in [0.1, 0.15) is 17.2 Å². The van der Waals surface area contributed by atoms with Gasteiger partial charge < -0.3 is 9.84 Å². The molecule has 4 nitrogen and oxygen atoms in total. The molecule has 1 N–H and O–H groups in total. The van der Waals surface area contributed by atoms with Crippen LogP contribution >= 0.6 is 22.9 Å². The molecule has 2 aromatic carbocycles. The summed E-state index contributed by atoms with van der Waals surface area (Å²) >= 11 is 7.84. The summed E-state index contributed by atoms with van der Waals surface area (Å²) in [5, 5.41) is 15.7. The lowest BCUT2D eigenvalue weighted by molar-refractivity contribution is 0.0734. The zero-order valence-electron chi connectivity index (χ0n) is 16.7. The van der Waals surface area contributed by atoms with Crippen molar-refractivity contribution in [3.8, 4) is 32.4 Å². The number of para-hydroxylation sites is 1. The second-order valence-electron chi connectivity index (χ2n) is 7.35. The van der Waals surface area contributed by atoms with E-state index in [9.17, 15) is 9.50 Å². The van der Waals surface area contributed by atoms with Crippen LogP contribution in [-0.2, 0) is 5.60 Å². The minimum absolute atomic E-state index is 0.319. The topological polar surface area (TPSA) is 47.3 Å². The molecule has 0 aliphatic rings. The Morgan fingerprint density at radius 3 is 2.50 bits per heavy atom. The summed E-state index contributed by atoms with van der Waals surface area (Å²) in [5.74, 6) is 0.271. The van der Waals surface area contributed by atoms with E-state index in [4.69, 9.17) is 16.3 Å². The highest BCUT2D eigenvalue weighted by molar-refractivity contribution is 7.18. The maximum Gasteiger partial charge on any atom is 0.132 e. The molecule has 0 spiro atoms. The number of aromatic nitrogens is 2. The number of rotatable bonds is 5. The van der Waals surface area contributed by atoms with Crippen molar-refractivity contribution in [3.05, 3.63) is 77.2 Å². The maximum absolute atomic E-state index is 14.4. The molecule has 0 unspecified atom stereocenters. The Balaban J connectivity index is 1.86. The van der Waals surface area contributed by atoms with Gasteiger partial charge in [0.25, 0.3) is 0 Å². The quantitative estimate of drug-likeness (QED) is 0.394. The molecule has 4 rings (SSSR count). The van der Waals surface area contributed by atoms with Gasteiger partial charge in [0.2, 0.25) is 0 Å². The van der Waals surface area contributed by atoms with Crippen molar-refractivity contribution in [2.75, 3.05) is 7.11 Å². The molecule has 0 aliphatic heterocycles. The van der Waals surface area contributed by atoms with Crippen LogP contribution in [0.1, 0.15) is 19.5 Å². The van der Waals surface area contributed by atoms with Crippen molar-refractivity contribution in [3.63, 3.8) is 0 Å². The summed E-state index contributed by atoms with van der Waals surface area (Å²) in [6.45, 7) is 3.36. The van der Waals surface area contributed by atoms with Crippen molar-refractivity contribution >= 4 is 22.9 Å². The highest BCUT2D eigenvalue weighted by Crippen LogP contribution is 2.39. The van der Waals surface area contributed by atoms with Gasteiger partial charge >= 0.3 is 0 Å². The smallest absolute Gasteiger partial charge is 0.132 e. The number of aliphatic hydroxyl groups is 1. The zero-order chi connectivity index (χ0) is 21.5. The molecule has 0 saturated carbocycles. The van der Waals surface area contributed by atoms with Crippen LogP contribution in [0.3, 0.4) is 0 Å². The van der Waals surface area contributed by atoms with Crippen LogP contribution < -0.4 is 4.74 Å². The van der Waals surface area contributed by atoms with E-state index in [0.29, 0.717) is 27.7 Å². The number of nitrogens with zero attached hydrogens (tertiary/aromatic N) is 2. The van der Waals surface area contributed by atoms with Crippen LogP contribution in [0, 0.1) is 5.82 Å². The van der Waals surface area contributed by atoms with Crippen LogP contribution in [0.25, 0.3) is 26.7 Å². The minimum atomic E-state index is -1.12. The van der Waals surface area contributed by atoms with E-state index in [2.05, 4.69) is 5.10 Å². The molecule has 0 amide bonds. The molecule has 0 fully saturated rings. The third-order valence-corrected chi connectivity index (χ3v) is 6.17. The van der Waals surface area contributed by atoms with Crippen LogP contribution in [-0.4, -0.2) is 22.0 Å². The first-order chi connectivity index (χ1) is 14.3. The van der Waals surface area contributed by atoms with Gasteiger partial charge in [0.15, 0.2) is 0 Å². The lowest BCUT2D eigenvalue weighted by Crippen LogP contribution is -2.16. The number of methoxy groups -OCH3 is 1. The molecular weight excluding hydrogens is 423 g/mol. The summed E-state index contributed by atoms with van der Waals surface area (Å²) in [5.41, 5.74) is 1.32. The molecule has 30 heavy (non-hydrogen) atoms. The largest absolute Gasteiger partial charge is 0.497 e. The Hall–Kier alpha value is -2.67. The van der Waals surface area contributed by atoms with Crippen molar-refractivity contribution in [2.24, 2.45) is 0 Å². The molecule has 4 aromatic rings. The predicted octanol–water partition coefficient (Wildman–Crippen LogP) is 6.30. The van der Waals surface area contributed by atoms with Crippen LogP contribution in [0.2, 0.25) is 5.02 Å². The molecule has 7 heteroatoms. The van der Waals surface area contributed by atoms with Gasteiger partial charge in [-0.3, -0.25) is 0 Å². The second kappa shape index (κ2) is 7.87. The number of hydrogen-bond donors (Lipinski definition) is 1. The number of benzene rings is 2. The summed E-state index contributed by atoms with van der Waals surface area (Å²) in [7, 11) is 1.55. The molecule has 2 aromatic heterocycles. The number of ether oxygens (including phenoxy) is 1. The van der Waals surface area contributed by atoms with E-state index in [1.165, 1.54) is 17.4 Å². The average Bonchev–Trinajstić information content (AvgIpc) is 3.36. The van der Waals surface area contributed by atoms with Crippen molar-refractivity contribution in [1.29, 1.82) is 0 Å². The maximum atomic E-state index is 14.4. The van der Waals surface area contributed by atoms with Crippen LogP contribution in [0.15, 0.2) is 60.7 Å². The summed E-state index contributed by atoms with van der Waals surface area (Å²) in [6, 6.07) is 17.7. The van der Waals surface area contributed by atoms with Gasteiger partial charge in [-0.15, -0.1) is 11.3 Å². The Morgan fingerprint density at radius 2 is 1.80 bits per heavy atom. The highest BCUT2D eigenvalue weighted by atomic mass is 35.5. The minimum Gasteiger partial charge on any atom is -0.497 e. The molecule has 0 aliphatic carbocycles. The monoisotopic (exact) mass is 442 g/mol. The average molecular weight is 443 g/mol. The Morgan fingerprint density at radius 1 is 1.07 bits per heavy atom. The fourth-order valence-corrected chi connectivity index (χ4v) is 4.34. The van der Waals surface area contributed by atoms with Gasteiger partial charge in [0.05, 0.1) is 34.1 Å². The van der Waals surface area contributed by atoms with E-state index in [1.54, 1.807) is 43.8 Å². The number of thiophene rings is 1. The fraction of sp³-hybridized carbons (Fsp3) is 0.174. The van der Waals surface area contributed by atoms with Gasteiger partial charge in [-0.25, -0.2) is 9.07 Å². The summed E-state index contributed by atoms with van der Waals surface area (Å²) in [4.78, 5) is 1.63. The molecule has 0 saturated heterocycles. The number of halogens is 2. The summed E-state index contributed by atoms with van der Waals surface area (Å²) in [6.07, 6.45) is 0. The Labute approximate surface area is 183 Å². The third kappa shape index (κ3) is 3.86. The second-order valence-corrected chi connectivity index (χ2v) is 8.84. The predicted molar refractivity (Wildman–Crippen MR) is 119 cm³/mol. The molecule has 0 bridgehead atoms. The van der Waals surface area contributed by atoms with E-state index >= 15 is 0 Å². The normalized spacial score (nSPS) is 11.7. The SMILES string of the molecule is COc1ccc(F)c(-c2ccc(-c3cc(C(C)(C)O)nn3-c3ccccc3Cl)s2)c1. The van der Waals surface area contributed by atoms with E-state index in [1.807, 2.05) is 36.4 Å². The molecule has 0 radical (unpaired) electrons.